The molecule has 1 amide bonds. The molecule has 2 nitrogen and oxygen atoms in total. The normalized spacial score (nSPS) is 9.60. The first kappa shape index (κ1) is 14.0. The molecule has 0 aliphatic rings. The van der Waals surface area contributed by atoms with Crippen molar-refractivity contribution in [1.29, 1.82) is 0 Å². The third-order valence-corrected chi connectivity index (χ3v) is 2.35. The van der Waals surface area contributed by atoms with Crippen LogP contribution in [0.25, 0.3) is 0 Å². The molecule has 0 aromatic rings. The van der Waals surface area contributed by atoms with Crippen LogP contribution in [0.1, 0.15) is 58.3 Å². The monoisotopic (exact) mass is 209 g/mol. The molecule has 86 valence electrons. The van der Waals surface area contributed by atoms with Crippen LogP contribution in [0.3, 0.4) is 0 Å². The average Bonchev–Trinajstić information content (AvgIpc) is 2.25. The first-order valence-electron chi connectivity index (χ1n) is 6.01. The number of unbranched alkanes of at least 4 members (excludes halogenated alkanes) is 5. The van der Waals surface area contributed by atoms with Crippen molar-refractivity contribution in [3.8, 4) is 12.3 Å². The molecule has 0 aromatic carbocycles. The average molecular weight is 209 g/mol. The number of hydrogen-bond donors (Lipinski definition) is 1. The fourth-order valence-electron chi connectivity index (χ4n) is 1.41. The zero-order valence-corrected chi connectivity index (χ0v) is 9.85. The molecule has 0 aliphatic heterocycles. The van der Waals surface area contributed by atoms with Crippen molar-refractivity contribution < 1.29 is 4.79 Å². The summed E-state index contributed by atoms with van der Waals surface area (Å²) in [4.78, 5) is 11.1. The van der Waals surface area contributed by atoms with E-state index >= 15 is 0 Å². The van der Waals surface area contributed by atoms with E-state index in [4.69, 9.17) is 6.42 Å². The Morgan fingerprint density at radius 2 is 1.87 bits per heavy atom. The molecule has 0 rings (SSSR count). The van der Waals surface area contributed by atoms with Crippen molar-refractivity contribution in [2.24, 2.45) is 0 Å². The van der Waals surface area contributed by atoms with Crippen LogP contribution in [0.4, 0.5) is 0 Å². The summed E-state index contributed by atoms with van der Waals surface area (Å²) in [6, 6.07) is 0. The zero-order valence-electron chi connectivity index (χ0n) is 9.85. The number of carbonyl (C=O) groups is 1. The lowest BCUT2D eigenvalue weighted by atomic mass is 10.1. The fraction of sp³-hybridized carbons (Fsp3) is 0.769. The van der Waals surface area contributed by atoms with Gasteiger partial charge in [0.15, 0.2) is 0 Å². The van der Waals surface area contributed by atoms with E-state index in [1.165, 1.54) is 32.1 Å². The van der Waals surface area contributed by atoms with Gasteiger partial charge in [-0.1, -0.05) is 39.0 Å². The smallest absolute Gasteiger partial charge is 0.220 e. The second kappa shape index (κ2) is 11.1. The SMILES string of the molecule is C#CCCC(=O)NCCCCCCCC. The number of nitrogens with one attached hydrogen (secondary N) is 1. The molecular formula is C13H23NO. The Morgan fingerprint density at radius 3 is 2.53 bits per heavy atom. The maximum absolute atomic E-state index is 11.1. The first-order chi connectivity index (χ1) is 7.31. The van der Waals surface area contributed by atoms with Crippen molar-refractivity contribution in [3.05, 3.63) is 0 Å². The molecule has 0 heterocycles. The molecule has 0 fully saturated rings. The quantitative estimate of drug-likeness (QED) is 0.459. The van der Waals surface area contributed by atoms with E-state index in [1.54, 1.807) is 0 Å². The lowest BCUT2D eigenvalue weighted by Crippen LogP contribution is -2.23. The van der Waals surface area contributed by atoms with Gasteiger partial charge in [0.1, 0.15) is 0 Å². The predicted molar refractivity (Wildman–Crippen MR) is 64.5 cm³/mol. The minimum Gasteiger partial charge on any atom is -0.356 e. The predicted octanol–water partition coefficient (Wildman–Crippen LogP) is 2.88. The second-order valence-corrected chi connectivity index (χ2v) is 3.82. The van der Waals surface area contributed by atoms with Gasteiger partial charge >= 0.3 is 0 Å². The lowest BCUT2D eigenvalue weighted by molar-refractivity contribution is -0.120. The van der Waals surface area contributed by atoms with Crippen molar-refractivity contribution in [2.45, 2.75) is 58.3 Å². The highest BCUT2D eigenvalue weighted by Crippen LogP contribution is 2.04. The van der Waals surface area contributed by atoms with Crippen LogP contribution in [0.15, 0.2) is 0 Å². The Kier molecular flexibility index (Phi) is 10.4. The molecule has 0 radical (unpaired) electrons. The molecule has 0 aromatic heterocycles. The summed E-state index contributed by atoms with van der Waals surface area (Å²) in [7, 11) is 0. The van der Waals surface area contributed by atoms with Gasteiger partial charge in [-0.3, -0.25) is 4.79 Å². The summed E-state index contributed by atoms with van der Waals surface area (Å²) >= 11 is 0. The van der Waals surface area contributed by atoms with Crippen molar-refractivity contribution >= 4 is 5.91 Å². The van der Waals surface area contributed by atoms with Crippen LogP contribution in [0.2, 0.25) is 0 Å². The summed E-state index contributed by atoms with van der Waals surface area (Å²) in [5.41, 5.74) is 0. The van der Waals surface area contributed by atoms with Gasteiger partial charge in [-0.15, -0.1) is 12.3 Å². The summed E-state index contributed by atoms with van der Waals surface area (Å²) in [5, 5.41) is 2.87. The topological polar surface area (TPSA) is 29.1 Å². The molecule has 0 saturated heterocycles. The lowest BCUT2D eigenvalue weighted by Gasteiger charge is -2.03. The number of hydrogen-bond acceptors (Lipinski definition) is 1. The van der Waals surface area contributed by atoms with Crippen LogP contribution in [-0.2, 0) is 4.79 Å². The largest absolute Gasteiger partial charge is 0.356 e. The number of carbonyl (C=O) groups excluding carboxylic acids is 1. The molecule has 15 heavy (non-hydrogen) atoms. The minimum atomic E-state index is 0.0847. The van der Waals surface area contributed by atoms with Gasteiger partial charge in [0.2, 0.25) is 5.91 Å². The Labute approximate surface area is 93.8 Å². The van der Waals surface area contributed by atoms with Gasteiger partial charge in [-0.2, -0.15) is 0 Å². The van der Waals surface area contributed by atoms with E-state index in [-0.39, 0.29) is 5.91 Å². The summed E-state index contributed by atoms with van der Waals surface area (Å²) in [6.45, 7) is 3.02. The summed E-state index contributed by atoms with van der Waals surface area (Å²) < 4.78 is 0. The first-order valence-corrected chi connectivity index (χ1v) is 6.01. The van der Waals surface area contributed by atoms with Crippen LogP contribution in [0.5, 0.6) is 0 Å². The Balaban J connectivity index is 3.10. The molecule has 0 bridgehead atoms. The van der Waals surface area contributed by atoms with Gasteiger partial charge in [-0.05, 0) is 6.42 Å². The highest BCUT2D eigenvalue weighted by molar-refractivity contribution is 5.76. The van der Waals surface area contributed by atoms with E-state index in [1.807, 2.05) is 0 Å². The van der Waals surface area contributed by atoms with E-state index in [0.29, 0.717) is 12.8 Å². The molecule has 0 aliphatic carbocycles. The second-order valence-electron chi connectivity index (χ2n) is 3.82. The highest BCUT2D eigenvalue weighted by Gasteiger charge is 1.97. The van der Waals surface area contributed by atoms with Gasteiger partial charge in [0.05, 0.1) is 0 Å². The zero-order chi connectivity index (χ0) is 11.4. The van der Waals surface area contributed by atoms with E-state index in [2.05, 4.69) is 18.2 Å². The van der Waals surface area contributed by atoms with Crippen LogP contribution in [0, 0.1) is 12.3 Å². The molecule has 0 unspecified atom stereocenters. The highest BCUT2D eigenvalue weighted by atomic mass is 16.1. The van der Waals surface area contributed by atoms with Crippen molar-refractivity contribution in [2.75, 3.05) is 6.54 Å². The summed E-state index contributed by atoms with van der Waals surface area (Å²) in [5.74, 6) is 2.55. The summed E-state index contributed by atoms with van der Waals surface area (Å²) in [6.07, 6.45) is 13.6. The van der Waals surface area contributed by atoms with Crippen LogP contribution < -0.4 is 5.32 Å². The molecule has 0 spiro atoms. The van der Waals surface area contributed by atoms with Crippen LogP contribution >= 0.6 is 0 Å². The van der Waals surface area contributed by atoms with Crippen molar-refractivity contribution in [1.82, 2.24) is 5.32 Å². The van der Waals surface area contributed by atoms with E-state index in [9.17, 15) is 4.79 Å². The standard InChI is InChI=1S/C13H23NO/c1-3-5-7-8-9-10-12-14-13(15)11-6-4-2/h2H,3,5-12H2,1H3,(H,14,15). The Morgan fingerprint density at radius 1 is 1.20 bits per heavy atom. The van der Waals surface area contributed by atoms with Gasteiger partial charge in [0.25, 0.3) is 0 Å². The van der Waals surface area contributed by atoms with E-state index < -0.39 is 0 Å². The van der Waals surface area contributed by atoms with Crippen LogP contribution in [-0.4, -0.2) is 12.5 Å². The van der Waals surface area contributed by atoms with E-state index in [0.717, 1.165) is 13.0 Å². The van der Waals surface area contributed by atoms with Gasteiger partial charge in [-0.25, -0.2) is 0 Å². The maximum Gasteiger partial charge on any atom is 0.220 e. The molecule has 0 saturated carbocycles. The number of terminal acetylenes is 1. The molecule has 0 atom stereocenters. The van der Waals surface area contributed by atoms with Gasteiger partial charge < -0.3 is 5.32 Å². The third-order valence-electron chi connectivity index (χ3n) is 2.35. The number of rotatable bonds is 9. The minimum absolute atomic E-state index is 0.0847. The fourth-order valence-corrected chi connectivity index (χ4v) is 1.41. The molecule has 2 heteroatoms. The Bertz CT molecular complexity index is 193. The maximum atomic E-state index is 11.1. The van der Waals surface area contributed by atoms with Gasteiger partial charge in [0, 0.05) is 19.4 Å². The Hall–Kier alpha value is -0.970. The van der Waals surface area contributed by atoms with Crippen molar-refractivity contribution in [3.63, 3.8) is 0 Å². The third kappa shape index (κ3) is 11.0. The molecule has 1 N–H and O–H groups in total. The number of amides is 1. The molecular weight excluding hydrogens is 186 g/mol.